The summed E-state index contributed by atoms with van der Waals surface area (Å²) in [6.45, 7) is 11.7. The lowest BCUT2D eigenvalue weighted by Gasteiger charge is -2.26. The van der Waals surface area contributed by atoms with Crippen molar-refractivity contribution in [1.82, 2.24) is 19.2 Å². The number of hydrogen-bond acceptors (Lipinski definition) is 18. The number of benzene rings is 2. The zero-order chi connectivity index (χ0) is 56.1. The number of furan rings is 2. The van der Waals surface area contributed by atoms with Crippen molar-refractivity contribution in [2.24, 2.45) is 15.4 Å². The number of aliphatic imine (C=N–C) groups is 2. The Kier molecular flexibility index (Phi) is 17.6. The lowest BCUT2D eigenvalue weighted by molar-refractivity contribution is -0.138. The van der Waals surface area contributed by atoms with Gasteiger partial charge in [0.1, 0.15) is 40.8 Å². The topological polar surface area (TPSA) is 301 Å². The van der Waals surface area contributed by atoms with Gasteiger partial charge in [-0.25, -0.2) is 26.4 Å². The average Bonchev–Trinajstić information content (AvgIpc) is 4.10. The van der Waals surface area contributed by atoms with Crippen LogP contribution in [-0.4, -0.2) is 114 Å². The molecule has 4 heterocycles. The van der Waals surface area contributed by atoms with Crippen molar-refractivity contribution in [2.45, 2.75) is 73.1 Å². The maximum atomic E-state index is 13.7. The van der Waals surface area contributed by atoms with E-state index in [2.05, 4.69) is 30.1 Å². The molecule has 22 nitrogen and oxygen atoms in total. The van der Waals surface area contributed by atoms with Crippen LogP contribution in [0.2, 0.25) is 0 Å². The molecule has 0 aliphatic carbocycles. The summed E-state index contributed by atoms with van der Waals surface area (Å²) < 4.78 is 119. The minimum absolute atomic E-state index is 0.00199. The number of aromatic hydroxyl groups is 2. The maximum Gasteiger partial charge on any atom is 0.417 e. The van der Waals surface area contributed by atoms with Crippen LogP contribution in [0, 0.1) is 12.3 Å². The van der Waals surface area contributed by atoms with Crippen LogP contribution in [0.5, 0.6) is 11.5 Å². The average molecular weight is 1090 g/mol. The van der Waals surface area contributed by atoms with Crippen molar-refractivity contribution in [3.8, 4) is 11.5 Å². The Morgan fingerprint density at radius 1 is 0.720 bits per heavy atom. The summed E-state index contributed by atoms with van der Waals surface area (Å²) in [5.41, 5.74) is -4.35. The summed E-state index contributed by atoms with van der Waals surface area (Å²) in [4.78, 5) is 60.0. The standard InChI is InChI=1S/C26H31F3N4O7S.C22H26N4O7S/c1-8-39-24(36)20-18(30-15-11-10-14(26(27,28)29)17(19(15)34)23(35)33(6)7)22(32-41(20,37)38)31-21(25(3,4)5)16-12-9-13(2)40-16;1-5-14(16-11-8-12-33-16)24-20-17(19(22(29)32-6-2)34(30,31)25-20)23-15-10-7-9-13(18(15)27)21(28)26(3)4/h9-12,21,30,34H,8H2,1-7H3,(H,31,32);7-12,14,23,27H,5-6H2,1-4H3,(H,24,25)/t21-;14-/m01/s1. The van der Waals surface area contributed by atoms with Gasteiger partial charge in [0.25, 0.3) is 31.9 Å². The zero-order valence-corrected chi connectivity index (χ0v) is 44.2. The second-order valence-electron chi connectivity index (χ2n) is 17.9. The van der Waals surface area contributed by atoms with Gasteiger partial charge in [-0.2, -0.15) is 13.2 Å². The van der Waals surface area contributed by atoms with Crippen molar-refractivity contribution < 1.29 is 77.7 Å². The molecular formula is C48H57F3N8O14S2. The summed E-state index contributed by atoms with van der Waals surface area (Å²) in [5.74, 6) is -4.63. The highest BCUT2D eigenvalue weighted by Crippen LogP contribution is 2.43. The van der Waals surface area contributed by atoms with E-state index < -0.39 is 111 Å². The van der Waals surface area contributed by atoms with Gasteiger partial charge in [0.15, 0.2) is 33.0 Å². The fourth-order valence-corrected chi connectivity index (χ4v) is 9.69. The predicted octanol–water partition coefficient (Wildman–Crippen LogP) is 6.68. The second kappa shape index (κ2) is 22.8. The molecule has 2 atom stereocenters. The number of carbonyl (C=O) groups is 4. The molecule has 2 aromatic carbocycles. The Bertz CT molecular complexity index is 3210. The third-order valence-electron chi connectivity index (χ3n) is 10.8. The van der Waals surface area contributed by atoms with Crippen molar-refractivity contribution in [3.63, 3.8) is 0 Å². The van der Waals surface area contributed by atoms with E-state index in [1.807, 2.05) is 27.7 Å². The first-order valence-corrected chi connectivity index (χ1v) is 25.7. The molecule has 0 spiro atoms. The Morgan fingerprint density at radius 2 is 1.25 bits per heavy atom. The van der Waals surface area contributed by atoms with E-state index in [4.69, 9.17) is 18.3 Å². The number of sulfonamides is 2. The fraction of sp³-hybridized carbons (Fsp3) is 0.375. The number of alkyl halides is 3. The number of phenols is 2. The molecule has 27 heteroatoms. The number of aryl methyl sites for hydroxylation is 1. The third-order valence-corrected chi connectivity index (χ3v) is 13.5. The molecule has 0 fully saturated rings. The minimum atomic E-state index is -5.00. The zero-order valence-electron chi connectivity index (χ0n) is 42.6. The van der Waals surface area contributed by atoms with Crippen LogP contribution < -0.4 is 20.1 Å². The van der Waals surface area contributed by atoms with Gasteiger partial charge in [-0.05, 0) is 81.1 Å². The summed E-state index contributed by atoms with van der Waals surface area (Å²) >= 11 is 0. The van der Waals surface area contributed by atoms with Gasteiger partial charge in [-0.3, -0.25) is 29.0 Å². The number of esters is 2. The van der Waals surface area contributed by atoms with Crippen molar-refractivity contribution in [1.29, 1.82) is 0 Å². The Morgan fingerprint density at radius 3 is 1.69 bits per heavy atom. The van der Waals surface area contributed by atoms with Crippen LogP contribution in [0.1, 0.15) is 104 Å². The van der Waals surface area contributed by atoms with Crippen molar-refractivity contribution in [2.75, 3.05) is 52.0 Å². The van der Waals surface area contributed by atoms with Crippen LogP contribution in [0.3, 0.4) is 0 Å². The molecule has 75 heavy (non-hydrogen) atoms. The molecule has 2 aliphatic rings. The van der Waals surface area contributed by atoms with E-state index in [0.29, 0.717) is 29.8 Å². The summed E-state index contributed by atoms with van der Waals surface area (Å²) in [6.07, 6.45) is -3.06. The Labute approximate surface area is 430 Å². The number of nitrogens with one attached hydrogen (secondary N) is 4. The number of phenolic OH excluding ortho intramolecular Hbond substituents is 2. The summed E-state index contributed by atoms with van der Waals surface area (Å²) in [7, 11) is -3.46. The molecule has 0 unspecified atom stereocenters. The number of halogens is 3. The van der Waals surface area contributed by atoms with Crippen molar-refractivity contribution >= 4 is 66.8 Å². The molecule has 0 saturated heterocycles. The van der Waals surface area contributed by atoms with Crippen LogP contribution in [0.4, 0.5) is 24.5 Å². The largest absolute Gasteiger partial charge is 0.505 e. The normalized spacial score (nSPS) is 16.8. The van der Waals surface area contributed by atoms with Gasteiger partial charge in [-0.1, -0.05) is 33.8 Å². The SMILES string of the molecule is CCOC(=O)C1=C(Nc2ccc(C(F)(F)F)c(C(=O)N(C)C)c2O)C(=N[C@@H](c2ccc(C)o2)C(C)(C)C)NS1(=O)=O.CCOC(=O)C1=C(Nc2cccc(C(=O)N(C)C)c2O)C(=N[C@H](CC)c2ccco2)NS1(=O)=O. The number of carbonyl (C=O) groups excluding carboxylic acids is 4. The van der Waals surface area contributed by atoms with Gasteiger partial charge in [0.2, 0.25) is 0 Å². The number of para-hydroxylation sites is 1. The van der Waals surface area contributed by atoms with Gasteiger partial charge < -0.3 is 49.0 Å². The van der Waals surface area contributed by atoms with Crippen LogP contribution in [0.25, 0.3) is 0 Å². The summed E-state index contributed by atoms with van der Waals surface area (Å²) in [5, 5.41) is 26.9. The van der Waals surface area contributed by atoms with Crippen molar-refractivity contribution in [3.05, 3.63) is 116 Å². The highest BCUT2D eigenvalue weighted by molar-refractivity contribution is 7.95. The molecule has 4 aromatic rings. The molecule has 6 rings (SSSR count). The van der Waals surface area contributed by atoms with E-state index >= 15 is 0 Å². The molecular weight excluding hydrogens is 1030 g/mol. The van der Waals surface area contributed by atoms with E-state index in [1.54, 1.807) is 38.1 Å². The molecule has 0 radical (unpaired) electrons. The molecule has 6 N–H and O–H groups in total. The molecule has 0 saturated carbocycles. The van der Waals surface area contributed by atoms with E-state index in [9.17, 15) is 59.4 Å². The Hall–Kier alpha value is -7.81. The lowest BCUT2D eigenvalue weighted by Crippen LogP contribution is -2.29. The molecule has 0 bridgehead atoms. The van der Waals surface area contributed by atoms with Crippen LogP contribution in [0.15, 0.2) is 101 Å². The number of amidine groups is 2. The van der Waals surface area contributed by atoms with E-state index in [1.165, 1.54) is 64.5 Å². The number of anilines is 2. The van der Waals surface area contributed by atoms with Crippen LogP contribution >= 0.6 is 0 Å². The molecule has 2 aliphatic heterocycles. The van der Waals surface area contributed by atoms with Gasteiger partial charge in [0, 0.05) is 28.2 Å². The minimum Gasteiger partial charge on any atom is -0.505 e. The molecule has 2 amide bonds. The summed E-state index contributed by atoms with van der Waals surface area (Å²) in [6, 6.07) is 11.1. The quantitative estimate of drug-likeness (QED) is 0.0535. The fourth-order valence-electron chi connectivity index (χ4n) is 7.27. The number of nitrogens with zero attached hydrogens (tertiary/aromatic N) is 4. The predicted molar refractivity (Wildman–Crippen MR) is 268 cm³/mol. The first-order valence-electron chi connectivity index (χ1n) is 22.8. The lowest BCUT2D eigenvalue weighted by atomic mass is 9.85. The van der Waals surface area contributed by atoms with Crippen LogP contribution in [-0.2, 0) is 45.3 Å². The van der Waals surface area contributed by atoms with E-state index in [0.717, 1.165) is 11.0 Å². The first-order chi connectivity index (χ1) is 34.9. The van der Waals surface area contributed by atoms with Gasteiger partial charge in [0.05, 0.1) is 47.5 Å². The monoisotopic (exact) mass is 1090 g/mol. The molecule has 2 aromatic heterocycles. The highest BCUT2D eigenvalue weighted by Gasteiger charge is 2.44. The number of hydrogen-bond donors (Lipinski definition) is 6. The van der Waals surface area contributed by atoms with Gasteiger partial charge >= 0.3 is 18.1 Å². The number of amides is 2. The second-order valence-corrected chi connectivity index (χ2v) is 21.1. The number of rotatable bonds is 15. The maximum absolute atomic E-state index is 13.7. The third kappa shape index (κ3) is 12.9. The molecule has 406 valence electrons. The van der Waals surface area contributed by atoms with Gasteiger partial charge in [-0.15, -0.1) is 0 Å². The highest BCUT2D eigenvalue weighted by atomic mass is 32.2. The first kappa shape index (κ1) is 58.1. The van der Waals surface area contributed by atoms with E-state index in [-0.39, 0.29) is 41.8 Å². The smallest absolute Gasteiger partial charge is 0.417 e. The number of ether oxygens (including phenoxy) is 2. The Balaban J connectivity index is 0.000000282.